The lowest BCUT2D eigenvalue weighted by Crippen LogP contribution is -1.93. The SMILES string of the molecule is C#Cc1cc(CC)nn1C. The number of hydrogen-bond acceptors (Lipinski definition) is 1. The minimum absolute atomic E-state index is 0.844. The van der Waals surface area contributed by atoms with Crippen LogP contribution in [0.25, 0.3) is 0 Å². The minimum Gasteiger partial charge on any atom is -0.260 e. The highest BCUT2D eigenvalue weighted by Gasteiger charge is 1.98. The summed E-state index contributed by atoms with van der Waals surface area (Å²) in [5, 5.41) is 4.17. The molecular weight excluding hydrogens is 124 g/mol. The predicted molar refractivity (Wildman–Crippen MR) is 40.5 cm³/mol. The van der Waals surface area contributed by atoms with Crippen LogP contribution in [-0.4, -0.2) is 9.78 Å². The molecule has 0 N–H and O–H groups in total. The van der Waals surface area contributed by atoms with Gasteiger partial charge in [0.2, 0.25) is 0 Å². The minimum atomic E-state index is 0.844. The summed E-state index contributed by atoms with van der Waals surface area (Å²) in [6.45, 7) is 2.06. The molecule has 1 rings (SSSR count). The number of aromatic nitrogens is 2. The molecule has 0 amide bonds. The summed E-state index contributed by atoms with van der Waals surface area (Å²) >= 11 is 0. The van der Waals surface area contributed by atoms with Gasteiger partial charge >= 0.3 is 0 Å². The summed E-state index contributed by atoms with van der Waals surface area (Å²) < 4.78 is 1.72. The Morgan fingerprint density at radius 1 is 1.80 bits per heavy atom. The van der Waals surface area contributed by atoms with Crippen molar-refractivity contribution in [2.75, 3.05) is 0 Å². The zero-order valence-corrected chi connectivity index (χ0v) is 6.26. The Morgan fingerprint density at radius 2 is 2.50 bits per heavy atom. The molecule has 0 bridgehead atoms. The monoisotopic (exact) mass is 134 g/mol. The van der Waals surface area contributed by atoms with Gasteiger partial charge in [0.1, 0.15) is 5.69 Å². The molecule has 0 aliphatic heterocycles. The van der Waals surface area contributed by atoms with Gasteiger partial charge in [0.15, 0.2) is 0 Å². The van der Waals surface area contributed by atoms with Gasteiger partial charge in [-0.2, -0.15) is 5.10 Å². The third-order valence-electron chi connectivity index (χ3n) is 1.44. The van der Waals surface area contributed by atoms with Crippen LogP contribution >= 0.6 is 0 Å². The lowest BCUT2D eigenvalue weighted by Gasteiger charge is -1.87. The van der Waals surface area contributed by atoms with Crippen molar-refractivity contribution < 1.29 is 0 Å². The average Bonchev–Trinajstić information content (AvgIpc) is 2.30. The second-order valence-electron chi connectivity index (χ2n) is 2.14. The van der Waals surface area contributed by atoms with Gasteiger partial charge in [-0.05, 0) is 12.5 Å². The number of hydrogen-bond donors (Lipinski definition) is 0. The van der Waals surface area contributed by atoms with Crippen molar-refractivity contribution in [2.24, 2.45) is 7.05 Å². The molecule has 10 heavy (non-hydrogen) atoms. The molecular formula is C8H10N2. The molecule has 1 aromatic rings. The van der Waals surface area contributed by atoms with Gasteiger partial charge in [-0.3, -0.25) is 4.68 Å². The van der Waals surface area contributed by atoms with E-state index < -0.39 is 0 Å². The summed E-state index contributed by atoms with van der Waals surface area (Å²) in [6, 6.07) is 1.93. The fourth-order valence-electron chi connectivity index (χ4n) is 0.834. The molecule has 0 aliphatic rings. The Morgan fingerprint density at radius 3 is 2.80 bits per heavy atom. The molecule has 0 spiro atoms. The van der Waals surface area contributed by atoms with Gasteiger partial charge in [-0.25, -0.2) is 0 Å². The molecule has 2 nitrogen and oxygen atoms in total. The maximum absolute atomic E-state index is 5.21. The molecule has 0 unspecified atom stereocenters. The quantitative estimate of drug-likeness (QED) is 0.523. The second kappa shape index (κ2) is 2.57. The molecule has 0 radical (unpaired) electrons. The van der Waals surface area contributed by atoms with Crippen LogP contribution in [0.2, 0.25) is 0 Å². The van der Waals surface area contributed by atoms with Crippen LogP contribution in [0.3, 0.4) is 0 Å². The van der Waals surface area contributed by atoms with Crippen LogP contribution < -0.4 is 0 Å². The van der Waals surface area contributed by atoms with Crippen molar-refractivity contribution >= 4 is 0 Å². The lowest BCUT2D eigenvalue weighted by atomic mass is 10.3. The number of terminal acetylenes is 1. The largest absolute Gasteiger partial charge is 0.260 e. The van der Waals surface area contributed by atoms with E-state index in [4.69, 9.17) is 6.42 Å². The highest BCUT2D eigenvalue weighted by atomic mass is 15.3. The maximum atomic E-state index is 5.21. The first-order chi connectivity index (χ1) is 4.77. The third kappa shape index (κ3) is 1.03. The van der Waals surface area contributed by atoms with Crippen molar-refractivity contribution in [1.82, 2.24) is 9.78 Å². The van der Waals surface area contributed by atoms with Gasteiger partial charge in [-0.15, -0.1) is 6.42 Å². The molecule has 1 aromatic heterocycles. The van der Waals surface area contributed by atoms with E-state index >= 15 is 0 Å². The summed E-state index contributed by atoms with van der Waals surface area (Å²) in [6.07, 6.45) is 6.15. The Balaban J connectivity index is 3.07. The van der Waals surface area contributed by atoms with Crippen LogP contribution in [0, 0.1) is 12.3 Å². The maximum Gasteiger partial charge on any atom is 0.110 e. The van der Waals surface area contributed by atoms with Crippen molar-refractivity contribution in [1.29, 1.82) is 0 Å². The first kappa shape index (κ1) is 6.88. The highest BCUT2D eigenvalue weighted by molar-refractivity contribution is 5.26. The Hall–Kier alpha value is -1.23. The fourth-order valence-corrected chi connectivity index (χ4v) is 0.834. The van der Waals surface area contributed by atoms with Gasteiger partial charge in [0.25, 0.3) is 0 Å². The van der Waals surface area contributed by atoms with Crippen LogP contribution in [0.5, 0.6) is 0 Å². The smallest absolute Gasteiger partial charge is 0.110 e. The molecule has 0 atom stereocenters. The summed E-state index contributed by atoms with van der Waals surface area (Å²) in [5.41, 5.74) is 1.90. The van der Waals surface area contributed by atoms with E-state index in [1.165, 1.54) is 0 Å². The van der Waals surface area contributed by atoms with Crippen molar-refractivity contribution in [3.63, 3.8) is 0 Å². The summed E-state index contributed by atoms with van der Waals surface area (Å²) in [7, 11) is 1.86. The molecule has 0 fully saturated rings. The van der Waals surface area contributed by atoms with E-state index in [0.29, 0.717) is 0 Å². The van der Waals surface area contributed by atoms with Gasteiger partial charge in [0.05, 0.1) is 5.69 Å². The second-order valence-corrected chi connectivity index (χ2v) is 2.14. The van der Waals surface area contributed by atoms with E-state index in [0.717, 1.165) is 17.8 Å². The lowest BCUT2D eigenvalue weighted by molar-refractivity contribution is 0.738. The van der Waals surface area contributed by atoms with Gasteiger partial charge in [0, 0.05) is 7.05 Å². The molecule has 52 valence electrons. The first-order valence-electron chi connectivity index (χ1n) is 3.27. The van der Waals surface area contributed by atoms with Crippen LogP contribution in [0.4, 0.5) is 0 Å². The summed E-state index contributed by atoms with van der Waals surface area (Å²) in [5.74, 6) is 2.55. The molecule has 1 heterocycles. The Kier molecular flexibility index (Phi) is 1.77. The zero-order chi connectivity index (χ0) is 7.56. The van der Waals surface area contributed by atoms with Gasteiger partial charge < -0.3 is 0 Å². The van der Waals surface area contributed by atoms with Crippen LogP contribution in [-0.2, 0) is 13.5 Å². The Bertz CT molecular complexity index is 265. The predicted octanol–water partition coefficient (Wildman–Crippen LogP) is 0.964. The molecule has 0 saturated heterocycles. The van der Waals surface area contributed by atoms with Crippen molar-refractivity contribution in [3.05, 3.63) is 17.5 Å². The molecule has 0 saturated carbocycles. The van der Waals surface area contributed by atoms with E-state index in [9.17, 15) is 0 Å². The normalized spacial score (nSPS) is 9.30. The van der Waals surface area contributed by atoms with Crippen LogP contribution in [0.15, 0.2) is 6.07 Å². The fraction of sp³-hybridized carbons (Fsp3) is 0.375. The molecule has 0 aliphatic carbocycles. The standard InChI is InChI=1S/C8H10N2/c1-4-7-6-8(5-2)10(3)9-7/h2,6H,4H2,1,3H3. The average molecular weight is 134 g/mol. The Labute approximate surface area is 60.9 Å². The van der Waals surface area contributed by atoms with E-state index in [2.05, 4.69) is 17.9 Å². The van der Waals surface area contributed by atoms with E-state index in [1.54, 1.807) is 4.68 Å². The topological polar surface area (TPSA) is 17.8 Å². The van der Waals surface area contributed by atoms with Crippen molar-refractivity contribution in [3.8, 4) is 12.3 Å². The third-order valence-corrected chi connectivity index (χ3v) is 1.44. The first-order valence-corrected chi connectivity index (χ1v) is 3.27. The molecule has 0 aromatic carbocycles. The number of nitrogens with zero attached hydrogens (tertiary/aromatic N) is 2. The van der Waals surface area contributed by atoms with Gasteiger partial charge in [-0.1, -0.05) is 12.8 Å². The number of rotatable bonds is 1. The van der Waals surface area contributed by atoms with E-state index in [-0.39, 0.29) is 0 Å². The molecule has 2 heteroatoms. The van der Waals surface area contributed by atoms with E-state index in [1.807, 2.05) is 13.1 Å². The zero-order valence-electron chi connectivity index (χ0n) is 6.26. The van der Waals surface area contributed by atoms with Crippen LogP contribution in [0.1, 0.15) is 18.3 Å². The van der Waals surface area contributed by atoms with Crippen molar-refractivity contribution in [2.45, 2.75) is 13.3 Å². The number of aryl methyl sites for hydroxylation is 2. The highest BCUT2D eigenvalue weighted by Crippen LogP contribution is 2.00. The summed E-state index contributed by atoms with van der Waals surface area (Å²) in [4.78, 5) is 0.